The Hall–Kier alpha value is -1.96. The topological polar surface area (TPSA) is 82.6 Å². The molecule has 1 N–H and O–H groups in total. The molecule has 23 heavy (non-hydrogen) atoms. The number of piperidine rings is 1. The quantitative estimate of drug-likeness (QED) is 0.905. The van der Waals surface area contributed by atoms with Crippen LogP contribution < -0.4 is 5.32 Å². The molecule has 0 aromatic carbocycles. The van der Waals surface area contributed by atoms with Crippen molar-refractivity contribution in [2.45, 2.75) is 38.6 Å². The van der Waals surface area contributed by atoms with Crippen molar-refractivity contribution in [2.75, 3.05) is 19.6 Å². The highest BCUT2D eigenvalue weighted by Gasteiger charge is 2.32. The summed E-state index contributed by atoms with van der Waals surface area (Å²) in [7, 11) is 0. The molecule has 3 heterocycles. The normalized spacial score (nSPS) is 22.2. The van der Waals surface area contributed by atoms with Gasteiger partial charge in [-0.2, -0.15) is 0 Å². The summed E-state index contributed by atoms with van der Waals surface area (Å²) in [5, 5.41) is 5.21. The van der Waals surface area contributed by atoms with Crippen LogP contribution in [0.2, 0.25) is 0 Å². The Balaban J connectivity index is 1.69. The summed E-state index contributed by atoms with van der Waals surface area (Å²) in [5.41, 5.74) is 0.969. The second kappa shape index (κ2) is 6.66. The zero-order chi connectivity index (χ0) is 16.4. The molecule has 1 unspecified atom stereocenters. The zero-order valence-electron chi connectivity index (χ0n) is 13.1. The number of nitrogens with zero attached hydrogens (tertiary/aromatic N) is 3. The third kappa shape index (κ3) is 3.52. The van der Waals surface area contributed by atoms with Crippen LogP contribution in [0.4, 0.5) is 4.79 Å². The van der Waals surface area contributed by atoms with E-state index < -0.39 is 6.03 Å². The van der Waals surface area contributed by atoms with Gasteiger partial charge in [-0.15, -0.1) is 11.3 Å². The van der Waals surface area contributed by atoms with Crippen LogP contribution in [0, 0.1) is 6.92 Å². The minimum atomic E-state index is -0.478. The number of carbonyl (C=O) groups excluding carboxylic acids is 3. The van der Waals surface area contributed by atoms with Gasteiger partial charge in [0.2, 0.25) is 11.8 Å². The molecule has 1 aromatic heterocycles. The molecule has 8 heteroatoms. The summed E-state index contributed by atoms with van der Waals surface area (Å²) >= 11 is 1.58. The summed E-state index contributed by atoms with van der Waals surface area (Å²) < 4.78 is 0. The molecule has 2 aliphatic rings. The van der Waals surface area contributed by atoms with E-state index in [0.29, 0.717) is 13.1 Å². The van der Waals surface area contributed by atoms with Crippen LogP contribution in [0.1, 0.15) is 42.4 Å². The highest BCUT2D eigenvalue weighted by atomic mass is 32.1. The second-order valence-corrected chi connectivity index (χ2v) is 6.84. The first-order chi connectivity index (χ1) is 11.0. The van der Waals surface area contributed by atoms with Gasteiger partial charge in [-0.05, 0) is 26.2 Å². The fourth-order valence-corrected chi connectivity index (χ4v) is 3.96. The van der Waals surface area contributed by atoms with Crippen LogP contribution >= 0.6 is 11.3 Å². The number of rotatable bonds is 3. The van der Waals surface area contributed by atoms with Crippen LogP contribution in [-0.4, -0.2) is 52.3 Å². The van der Waals surface area contributed by atoms with Gasteiger partial charge in [-0.3, -0.25) is 14.9 Å². The van der Waals surface area contributed by atoms with Gasteiger partial charge < -0.3 is 9.80 Å². The van der Waals surface area contributed by atoms with E-state index in [0.717, 1.165) is 30.0 Å². The molecule has 0 aliphatic carbocycles. The number of hydrogen-bond donors (Lipinski definition) is 1. The lowest BCUT2D eigenvalue weighted by Crippen LogP contribution is -2.53. The number of urea groups is 1. The van der Waals surface area contributed by atoms with Crippen molar-refractivity contribution in [1.82, 2.24) is 20.1 Å². The number of hydrogen-bond acceptors (Lipinski definition) is 5. The van der Waals surface area contributed by atoms with Crippen LogP contribution in [0.3, 0.4) is 0 Å². The monoisotopic (exact) mass is 336 g/mol. The SMILES string of the molecule is Cc1csc(C2CCCCN2C(=O)CN2CCC(=O)NC2=O)n1. The number of nitrogens with one attached hydrogen (secondary N) is 1. The third-order valence-corrected chi connectivity index (χ3v) is 5.28. The number of aromatic nitrogens is 1. The number of amides is 4. The van der Waals surface area contributed by atoms with Crippen LogP contribution in [0.15, 0.2) is 5.38 Å². The maximum atomic E-state index is 12.7. The summed E-state index contributed by atoms with van der Waals surface area (Å²) in [6, 6.07) is -0.474. The number of likely N-dealkylation sites (tertiary alicyclic amines) is 1. The highest BCUT2D eigenvalue weighted by molar-refractivity contribution is 7.09. The van der Waals surface area contributed by atoms with Gasteiger partial charge in [-0.1, -0.05) is 0 Å². The van der Waals surface area contributed by atoms with Crippen LogP contribution in [0.25, 0.3) is 0 Å². The molecule has 2 aliphatic heterocycles. The molecule has 1 atom stereocenters. The molecule has 4 amide bonds. The van der Waals surface area contributed by atoms with Gasteiger partial charge in [0.15, 0.2) is 0 Å². The van der Waals surface area contributed by atoms with Crippen molar-refractivity contribution in [3.05, 3.63) is 16.1 Å². The molecule has 1 aromatic rings. The standard InChI is InChI=1S/C15H20N4O3S/c1-10-9-23-14(16-10)11-4-2-3-6-19(11)13(21)8-18-7-5-12(20)17-15(18)22/h9,11H,2-8H2,1H3,(H,17,20,22). The van der Waals surface area contributed by atoms with Crippen LogP contribution in [-0.2, 0) is 9.59 Å². The molecule has 7 nitrogen and oxygen atoms in total. The van der Waals surface area contributed by atoms with E-state index in [2.05, 4.69) is 10.3 Å². The average molecular weight is 336 g/mol. The minimum Gasteiger partial charge on any atom is -0.332 e. The molecule has 124 valence electrons. The van der Waals surface area contributed by atoms with Crippen LogP contribution in [0.5, 0.6) is 0 Å². The van der Waals surface area contributed by atoms with Crippen molar-refractivity contribution >= 4 is 29.2 Å². The van der Waals surface area contributed by atoms with E-state index in [1.165, 1.54) is 4.90 Å². The first-order valence-electron chi connectivity index (χ1n) is 7.85. The van der Waals surface area contributed by atoms with Gasteiger partial charge >= 0.3 is 6.03 Å². The second-order valence-electron chi connectivity index (χ2n) is 5.95. The van der Waals surface area contributed by atoms with E-state index in [1.54, 1.807) is 11.3 Å². The molecule has 0 bridgehead atoms. The lowest BCUT2D eigenvalue weighted by Gasteiger charge is -2.36. The molecular formula is C15H20N4O3S. The zero-order valence-corrected chi connectivity index (χ0v) is 13.9. The Morgan fingerprint density at radius 3 is 2.91 bits per heavy atom. The lowest BCUT2D eigenvalue weighted by atomic mass is 10.0. The minimum absolute atomic E-state index is 0.00411. The highest BCUT2D eigenvalue weighted by Crippen LogP contribution is 2.32. The van der Waals surface area contributed by atoms with E-state index in [4.69, 9.17) is 0 Å². The molecule has 2 fully saturated rings. The maximum absolute atomic E-state index is 12.7. The Labute approximate surface area is 138 Å². The predicted molar refractivity (Wildman–Crippen MR) is 84.9 cm³/mol. The van der Waals surface area contributed by atoms with Crippen molar-refractivity contribution in [3.63, 3.8) is 0 Å². The Bertz CT molecular complexity index is 630. The molecule has 0 spiro atoms. The smallest absolute Gasteiger partial charge is 0.324 e. The summed E-state index contributed by atoms with van der Waals surface area (Å²) in [5.74, 6) is -0.361. The van der Waals surface area contributed by atoms with E-state index in [1.807, 2.05) is 17.2 Å². The number of thiazole rings is 1. The maximum Gasteiger partial charge on any atom is 0.324 e. The molecule has 3 rings (SSSR count). The van der Waals surface area contributed by atoms with Crippen molar-refractivity contribution in [1.29, 1.82) is 0 Å². The van der Waals surface area contributed by atoms with Crippen molar-refractivity contribution < 1.29 is 14.4 Å². The van der Waals surface area contributed by atoms with E-state index in [-0.39, 0.29) is 30.8 Å². The lowest BCUT2D eigenvalue weighted by molar-refractivity contribution is -0.136. The Kier molecular flexibility index (Phi) is 4.61. The summed E-state index contributed by atoms with van der Waals surface area (Å²) in [6.45, 7) is 2.95. The van der Waals surface area contributed by atoms with Crippen molar-refractivity contribution in [3.8, 4) is 0 Å². The van der Waals surface area contributed by atoms with Gasteiger partial charge in [-0.25, -0.2) is 9.78 Å². The first-order valence-corrected chi connectivity index (χ1v) is 8.73. The van der Waals surface area contributed by atoms with Gasteiger partial charge in [0.05, 0.1) is 6.04 Å². The first kappa shape index (κ1) is 15.9. The largest absolute Gasteiger partial charge is 0.332 e. The Morgan fingerprint density at radius 1 is 1.39 bits per heavy atom. The summed E-state index contributed by atoms with van der Waals surface area (Å²) in [6.07, 6.45) is 3.19. The average Bonchev–Trinajstić information content (AvgIpc) is 2.96. The Morgan fingerprint density at radius 2 is 2.22 bits per heavy atom. The molecule has 2 saturated heterocycles. The van der Waals surface area contributed by atoms with Crippen molar-refractivity contribution in [2.24, 2.45) is 0 Å². The third-order valence-electron chi connectivity index (χ3n) is 4.21. The van der Waals surface area contributed by atoms with E-state index >= 15 is 0 Å². The fourth-order valence-electron chi connectivity index (χ4n) is 3.02. The predicted octanol–water partition coefficient (Wildman–Crippen LogP) is 1.45. The van der Waals surface area contributed by atoms with Gasteiger partial charge in [0.1, 0.15) is 11.6 Å². The summed E-state index contributed by atoms with van der Waals surface area (Å²) in [4.78, 5) is 43.4. The molecular weight excluding hydrogens is 316 g/mol. The van der Waals surface area contributed by atoms with Gasteiger partial charge in [0.25, 0.3) is 0 Å². The molecule has 0 saturated carbocycles. The number of imide groups is 1. The number of carbonyl (C=O) groups is 3. The molecule has 0 radical (unpaired) electrons. The van der Waals surface area contributed by atoms with Gasteiger partial charge in [0, 0.05) is 30.6 Å². The number of aryl methyl sites for hydroxylation is 1. The fraction of sp³-hybridized carbons (Fsp3) is 0.600. The van der Waals surface area contributed by atoms with E-state index in [9.17, 15) is 14.4 Å².